The number of benzene rings is 1. The fraction of sp³-hybridized carbons (Fsp3) is 0.619. The molecule has 0 spiro atoms. The van der Waals surface area contributed by atoms with Gasteiger partial charge in [-0.25, -0.2) is 4.79 Å². The molecule has 26 heavy (non-hydrogen) atoms. The minimum Gasteiger partial charge on any atom is -0.338 e. The predicted octanol–water partition coefficient (Wildman–Crippen LogP) is 3.59. The van der Waals surface area contributed by atoms with Gasteiger partial charge in [0.25, 0.3) is 0 Å². The molecule has 4 bridgehead atoms. The van der Waals surface area contributed by atoms with Crippen molar-refractivity contribution < 1.29 is 9.59 Å². The van der Waals surface area contributed by atoms with Crippen LogP contribution in [-0.4, -0.2) is 24.0 Å². The van der Waals surface area contributed by atoms with Crippen molar-refractivity contribution in [1.29, 1.82) is 0 Å². The van der Waals surface area contributed by atoms with Gasteiger partial charge in [0.05, 0.1) is 0 Å². The molecule has 5 nitrogen and oxygen atoms in total. The average molecular weight is 355 g/mol. The molecule has 0 saturated heterocycles. The number of carbonyl (C=O) groups is 2. The highest BCUT2D eigenvalue weighted by Gasteiger charge is 2.51. The molecule has 4 fully saturated rings. The maximum atomic E-state index is 12.4. The van der Waals surface area contributed by atoms with E-state index in [2.05, 4.69) is 16.0 Å². The molecule has 4 saturated carbocycles. The van der Waals surface area contributed by atoms with E-state index in [0.717, 1.165) is 48.3 Å². The summed E-state index contributed by atoms with van der Waals surface area (Å²) in [4.78, 5) is 24.4. The topological polar surface area (TPSA) is 70.2 Å². The number of hydrogen-bond acceptors (Lipinski definition) is 2. The van der Waals surface area contributed by atoms with Crippen LogP contribution in [0.15, 0.2) is 24.3 Å². The second kappa shape index (κ2) is 6.93. The Hall–Kier alpha value is -2.04. The lowest BCUT2D eigenvalue weighted by Crippen LogP contribution is -2.61. The fourth-order valence-electron chi connectivity index (χ4n) is 5.70. The molecule has 0 unspecified atom stereocenters. The molecule has 140 valence electrons. The molecule has 4 aliphatic carbocycles. The summed E-state index contributed by atoms with van der Waals surface area (Å²) >= 11 is 0. The maximum absolute atomic E-state index is 12.4. The number of aryl methyl sites for hydroxylation is 1. The highest BCUT2D eigenvalue weighted by Crippen LogP contribution is 2.55. The van der Waals surface area contributed by atoms with Gasteiger partial charge in [0.2, 0.25) is 5.91 Å². The summed E-state index contributed by atoms with van der Waals surface area (Å²) in [5, 5.41) is 9.00. The normalized spacial score (nSPS) is 31.5. The van der Waals surface area contributed by atoms with E-state index < -0.39 is 0 Å². The van der Waals surface area contributed by atoms with E-state index in [1.807, 2.05) is 31.2 Å². The Balaban J connectivity index is 1.21. The molecule has 5 heteroatoms. The Bertz CT molecular complexity index is 648. The second-order valence-corrected chi connectivity index (χ2v) is 8.74. The Morgan fingerprint density at radius 2 is 1.58 bits per heavy atom. The largest absolute Gasteiger partial charge is 0.338 e. The van der Waals surface area contributed by atoms with Gasteiger partial charge < -0.3 is 16.0 Å². The molecule has 1 aromatic rings. The summed E-state index contributed by atoms with van der Waals surface area (Å²) in [6.07, 6.45) is 7.79. The smallest absolute Gasteiger partial charge is 0.315 e. The zero-order valence-electron chi connectivity index (χ0n) is 15.5. The lowest BCUT2D eigenvalue weighted by Gasteiger charge is -2.56. The lowest BCUT2D eigenvalue weighted by atomic mass is 9.53. The zero-order chi connectivity index (χ0) is 18.1. The van der Waals surface area contributed by atoms with E-state index in [1.54, 1.807) is 0 Å². The van der Waals surface area contributed by atoms with Crippen LogP contribution in [0, 0.1) is 24.7 Å². The number of nitrogens with one attached hydrogen (secondary N) is 3. The van der Waals surface area contributed by atoms with Crippen LogP contribution in [0.5, 0.6) is 0 Å². The third-order valence-electron chi connectivity index (χ3n) is 6.39. The third-order valence-corrected chi connectivity index (χ3v) is 6.39. The average Bonchev–Trinajstić information content (AvgIpc) is 2.55. The fourth-order valence-corrected chi connectivity index (χ4v) is 5.70. The molecule has 3 amide bonds. The molecule has 0 heterocycles. The number of carbonyl (C=O) groups excluding carboxylic acids is 2. The third kappa shape index (κ3) is 3.87. The Morgan fingerprint density at radius 1 is 1.00 bits per heavy atom. The molecule has 0 aliphatic heterocycles. The SMILES string of the molecule is Cc1ccc(NC(=O)CCNC(=O)NC23CC4CC(CC(C4)C2)C3)cc1. The summed E-state index contributed by atoms with van der Waals surface area (Å²) in [6, 6.07) is 7.59. The molecule has 4 aliphatic rings. The Labute approximate surface area is 155 Å². The number of amides is 3. The van der Waals surface area contributed by atoms with Gasteiger partial charge in [0.1, 0.15) is 0 Å². The van der Waals surface area contributed by atoms with E-state index in [4.69, 9.17) is 0 Å². The molecular weight excluding hydrogens is 326 g/mol. The van der Waals surface area contributed by atoms with Crippen molar-refractivity contribution in [2.45, 2.75) is 57.4 Å². The van der Waals surface area contributed by atoms with Crippen LogP contribution < -0.4 is 16.0 Å². The Kier molecular flexibility index (Phi) is 4.63. The monoisotopic (exact) mass is 355 g/mol. The first-order valence-electron chi connectivity index (χ1n) is 9.92. The van der Waals surface area contributed by atoms with Gasteiger partial charge in [-0.2, -0.15) is 0 Å². The second-order valence-electron chi connectivity index (χ2n) is 8.74. The standard InChI is InChI=1S/C21H29N3O2/c1-14-2-4-18(5-3-14)23-19(25)6-7-22-20(26)24-21-11-15-8-16(12-21)10-17(9-15)13-21/h2-5,15-17H,6-13H2,1H3,(H,23,25)(H2,22,24,26). The lowest BCUT2D eigenvalue weighted by molar-refractivity contribution is -0.116. The van der Waals surface area contributed by atoms with Crippen molar-refractivity contribution in [3.63, 3.8) is 0 Å². The van der Waals surface area contributed by atoms with Gasteiger partial charge in [-0.1, -0.05) is 17.7 Å². The predicted molar refractivity (Wildman–Crippen MR) is 102 cm³/mol. The first-order valence-corrected chi connectivity index (χ1v) is 9.92. The molecule has 1 aromatic carbocycles. The maximum Gasteiger partial charge on any atom is 0.315 e. The van der Waals surface area contributed by atoms with Crippen molar-refractivity contribution in [1.82, 2.24) is 10.6 Å². The van der Waals surface area contributed by atoms with Crippen LogP contribution in [0.25, 0.3) is 0 Å². The van der Waals surface area contributed by atoms with Gasteiger partial charge in [0, 0.05) is 24.2 Å². The van der Waals surface area contributed by atoms with Crippen LogP contribution in [0.3, 0.4) is 0 Å². The minimum absolute atomic E-state index is 0.0169. The summed E-state index contributed by atoms with van der Waals surface area (Å²) < 4.78 is 0. The zero-order valence-corrected chi connectivity index (χ0v) is 15.5. The molecule has 0 atom stereocenters. The molecule has 0 radical (unpaired) electrons. The van der Waals surface area contributed by atoms with Crippen molar-refractivity contribution >= 4 is 17.6 Å². The highest BCUT2D eigenvalue weighted by molar-refractivity contribution is 5.91. The van der Waals surface area contributed by atoms with Gasteiger partial charge >= 0.3 is 6.03 Å². The van der Waals surface area contributed by atoms with Crippen molar-refractivity contribution in [3.05, 3.63) is 29.8 Å². The summed E-state index contributed by atoms with van der Waals surface area (Å²) in [7, 11) is 0. The van der Waals surface area contributed by atoms with Crippen LogP contribution in [0.1, 0.15) is 50.5 Å². The van der Waals surface area contributed by atoms with Gasteiger partial charge in [-0.3, -0.25) is 4.79 Å². The number of anilines is 1. The van der Waals surface area contributed by atoms with Gasteiger partial charge in [-0.05, 0) is 75.3 Å². The van der Waals surface area contributed by atoms with Gasteiger partial charge in [-0.15, -0.1) is 0 Å². The first kappa shape index (κ1) is 17.4. The summed E-state index contributed by atoms with van der Waals surface area (Å²) in [5.74, 6) is 2.34. The quantitative estimate of drug-likeness (QED) is 0.755. The van der Waals surface area contributed by atoms with Crippen molar-refractivity contribution in [2.75, 3.05) is 11.9 Å². The van der Waals surface area contributed by atoms with E-state index in [9.17, 15) is 9.59 Å². The number of urea groups is 1. The van der Waals surface area contributed by atoms with Crippen LogP contribution >= 0.6 is 0 Å². The molecule has 0 aromatic heterocycles. The van der Waals surface area contributed by atoms with Crippen LogP contribution in [0.4, 0.5) is 10.5 Å². The highest BCUT2D eigenvalue weighted by atomic mass is 16.2. The van der Waals surface area contributed by atoms with Gasteiger partial charge in [0.15, 0.2) is 0 Å². The minimum atomic E-state index is -0.116. The van der Waals surface area contributed by atoms with E-state index >= 15 is 0 Å². The van der Waals surface area contributed by atoms with E-state index in [1.165, 1.54) is 19.3 Å². The molecule has 5 rings (SSSR count). The molecular formula is C21H29N3O2. The summed E-state index contributed by atoms with van der Waals surface area (Å²) in [6.45, 7) is 2.37. The van der Waals surface area contributed by atoms with Crippen LogP contribution in [-0.2, 0) is 4.79 Å². The number of rotatable bonds is 5. The van der Waals surface area contributed by atoms with Crippen molar-refractivity contribution in [2.24, 2.45) is 17.8 Å². The number of hydrogen-bond donors (Lipinski definition) is 3. The molecule has 3 N–H and O–H groups in total. The summed E-state index contributed by atoms with van der Waals surface area (Å²) in [5.41, 5.74) is 1.97. The van der Waals surface area contributed by atoms with E-state index in [0.29, 0.717) is 6.54 Å². The van der Waals surface area contributed by atoms with E-state index in [-0.39, 0.29) is 23.9 Å². The van der Waals surface area contributed by atoms with Crippen LogP contribution in [0.2, 0.25) is 0 Å². The van der Waals surface area contributed by atoms with Crippen molar-refractivity contribution in [3.8, 4) is 0 Å². The first-order chi connectivity index (χ1) is 12.5. The Morgan fingerprint density at radius 3 is 2.15 bits per heavy atom.